The molecule has 1 aliphatic carbocycles. The summed E-state index contributed by atoms with van der Waals surface area (Å²) in [6, 6.07) is 8.87. The minimum atomic E-state index is -0.0896. The quantitative estimate of drug-likeness (QED) is 0.850. The molecule has 3 rings (SSSR count). The van der Waals surface area contributed by atoms with Crippen molar-refractivity contribution >= 4 is 5.91 Å². The van der Waals surface area contributed by atoms with Crippen LogP contribution in [0.1, 0.15) is 49.7 Å². The van der Waals surface area contributed by atoms with Crippen LogP contribution in [-0.2, 0) is 11.2 Å². The third-order valence-corrected chi connectivity index (χ3v) is 4.87. The number of carbonyl (C=O) groups is 1. The molecule has 0 bridgehead atoms. The second-order valence-corrected chi connectivity index (χ2v) is 5.72. The molecule has 2 aliphatic rings. The fourth-order valence-corrected chi connectivity index (χ4v) is 3.73. The molecule has 1 aromatic carbocycles. The van der Waals surface area contributed by atoms with Gasteiger partial charge in [0.15, 0.2) is 0 Å². The molecule has 0 aromatic heterocycles. The lowest BCUT2D eigenvalue weighted by atomic mass is 9.72. The van der Waals surface area contributed by atoms with Crippen molar-refractivity contribution in [3.63, 3.8) is 0 Å². The van der Waals surface area contributed by atoms with E-state index in [4.69, 9.17) is 0 Å². The van der Waals surface area contributed by atoms with Gasteiger partial charge in [0, 0.05) is 12.5 Å². The second-order valence-electron chi connectivity index (χ2n) is 5.72. The maximum atomic E-state index is 12.2. The number of nitrogens with one attached hydrogen (secondary N) is 1. The third kappa shape index (κ3) is 1.66. The van der Waals surface area contributed by atoms with Crippen LogP contribution in [0.25, 0.3) is 0 Å². The first-order valence-corrected chi connectivity index (χ1v) is 7.13. The molecular formula is C16H21NO. The molecule has 1 saturated heterocycles. The smallest absolute Gasteiger partial charge is 0.226 e. The topological polar surface area (TPSA) is 29.1 Å². The van der Waals surface area contributed by atoms with Gasteiger partial charge in [-0.15, -0.1) is 0 Å². The Morgan fingerprint density at radius 2 is 1.89 bits per heavy atom. The summed E-state index contributed by atoms with van der Waals surface area (Å²) in [6.45, 7) is 3.00. The maximum Gasteiger partial charge on any atom is 0.226 e. The Labute approximate surface area is 109 Å². The molecule has 96 valence electrons. The van der Waals surface area contributed by atoms with E-state index in [2.05, 4.69) is 36.5 Å². The van der Waals surface area contributed by atoms with E-state index < -0.39 is 0 Å². The molecule has 2 heteroatoms. The second kappa shape index (κ2) is 4.42. The van der Waals surface area contributed by atoms with Crippen molar-refractivity contribution < 1.29 is 4.79 Å². The molecule has 1 atom stereocenters. The van der Waals surface area contributed by atoms with E-state index in [1.807, 2.05) is 0 Å². The van der Waals surface area contributed by atoms with Crippen LogP contribution in [0.5, 0.6) is 0 Å². The first-order chi connectivity index (χ1) is 8.76. The number of hydrogen-bond donors (Lipinski definition) is 1. The van der Waals surface area contributed by atoms with Crippen molar-refractivity contribution in [2.45, 2.75) is 44.9 Å². The fourth-order valence-electron chi connectivity index (χ4n) is 3.73. The monoisotopic (exact) mass is 243 g/mol. The standard InChI is InChI=1S/C16H21NO/c1-2-12-5-7-13(8-6-12)14-11-17-15(18)16(14)9-3-4-10-16/h5-8,14H,2-4,9-11H2,1H3,(H,17,18)/t14-/m0/s1. The average molecular weight is 243 g/mol. The number of benzene rings is 1. The Balaban J connectivity index is 1.92. The van der Waals surface area contributed by atoms with Gasteiger partial charge in [-0.3, -0.25) is 4.79 Å². The van der Waals surface area contributed by atoms with E-state index in [9.17, 15) is 4.79 Å². The van der Waals surface area contributed by atoms with Gasteiger partial charge in [0.2, 0.25) is 5.91 Å². The first kappa shape index (κ1) is 11.8. The van der Waals surface area contributed by atoms with Gasteiger partial charge in [-0.25, -0.2) is 0 Å². The van der Waals surface area contributed by atoms with Gasteiger partial charge >= 0.3 is 0 Å². The molecule has 1 spiro atoms. The van der Waals surface area contributed by atoms with E-state index in [1.54, 1.807) is 0 Å². The molecular weight excluding hydrogens is 222 g/mol. The minimum absolute atomic E-state index is 0.0896. The normalized spacial score (nSPS) is 25.6. The summed E-state index contributed by atoms with van der Waals surface area (Å²) in [5.74, 6) is 0.683. The highest BCUT2D eigenvalue weighted by Gasteiger charge is 2.51. The van der Waals surface area contributed by atoms with Crippen LogP contribution in [0.2, 0.25) is 0 Å². The number of aryl methyl sites for hydroxylation is 1. The van der Waals surface area contributed by atoms with Crippen molar-refractivity contribution in [1.29, 1.82) is 0 Å². The summed E-state index contributed by atoms with van der Waals surface area (Å²) in [5.41, 5.74) is 2.62. The summed E-state index contributed by atoms with van der Waals surface area (Å²) < 4.78 is 0. The number of amides is 1. The summed E-state index contributed by atoms with van der Waals surface area (Å²) in [6.07, 6.45) is 5.62. The fraction of sp³-hybridized carbons (Fsp3) is 0.562. The van der Waals surface area contributed by atoms with Gasteiger partial charge in [0.05, 0.1) is 5.41 Å². The summed E-state index contributed by atoms with van der Waals surface area (Å²) in [7, 11) is 0. The summed E-state index contributed by atoms with van der Waals surface area (Å²) in [5, 5.41) is 3.09. The molecule has 1 N–H and O–H groups in total. The maximum absolute atomic E-state index is 12.2. The zero-order valence-corrected chi connectivity index (χ0v) is 11.0. The molecule has 0 radical (unpaired) electrons. The molecule has 2 nitrogen and oxygen atoms in total. The largest absolute Gasteiger partial charge is 0.355 e. The Kier molecular flexibility index (Phi) is 2.89. The van der Waals surface area contributed by atoms with Crippen LogP contribution in [0.3, 0.4) is 0 Å². The molecule has 1 saturated carbocycles. The summed E-state index contributed by atoms with van der Waals surface area (Å²) in [4.78, 5) is 12.2. The number of hydrogen-bond acceptors (Lipinski definition) is 1. The highest BCUT2D eigenvalue weighted by Crippen LogP contribution is 2.51. The van der Waals surface area contributed by atoms with Gasteiger partial charge in [-0.2, -0.15) is 0 Å². The van der Waals surface area contributed by atoms with Gasteiger partial charge in [-0.1, -0.05) is 44.0 Å². The van der Waals surface area contributed by atoms with E-state index in [1.165, 1.54) is 24.0 Å². The molecule has 1 heterocycles. The SMILES string of the molecule is CCc1ccc([C@@H]2CNC(=O)C23CCCC3)cc1. The van der Waals surface area contributed by atoms with Gasteiger partial charge in [-0.05, 0) is 30.4 Å². The molecule has 2 fully saturated rings. The first-order valence-electron chi connectivity index (χ1n) is 7.13. The Morgan fingerprint density at radius 3 is 2.50 bits per heavy atom. The molecule has 0 unspecified atom stereocenters. The van der Waals surface area contributed by atoms with Crippen LogP contribution in [0.15, 0.2) is 24.3 Å². The lowest BCUT2D eigenvalue weighted by Crippen LogP contribution is -2.31. The van der Waals surface area contributed by atoms with E-state index in [0.717, 1.165) is 25.8 Å². The van der Waals surface area contributed by atoms with Gasteiger partial charge in [0.1, 0.15) is 0 Å². The average Bonchev–Trinajstić information content (AvgIpc) is 3.01. The van der Waals surface area contributed by atoms with Crippen molar-refractivity contribution in [2.75, 3.05) is 6.54 Å². The summed E-state index contributed by atoms with van der Waals surface area (Å²) >= 11 is 0. The van der Waals surface area contributed by atoms with Crippen LogP contribution in [-0.4, -0.2) is 12.5 Å². The van der Waals surface area contributed by atoms with Crippen LogP contribution < -0.4 is 5.32 Å². The highest BCUT2D eigenvalue weighted by molar-refractivity contribution is 5.86. The lowest BCUT2D eigenvalue weighted by molar-refractivity contribution is -0.127. The van der Waals surface area contributed by atoms with Crippen molar-refractivity contribution in [3.05, 3.63) is 35.4 Å². The predicted molar refractivity (Wildman–Crippen MR) is 72.5 cm³/mol. The van der Waals surface area contributed by atoms with Gasteiger partial charge in [0.25, 0.3) is 0 Å². The molecule has 1 aliphatic heterocycles. The Morgan fingerprint density at radius 1 is 1.22 bits per heavy atom. The highest BCUT2D eigenvalue weighted by atomic mass is 16.2. The van der Waals surface area contributed by atoms with Crippen molar-refractivity contribution in [2.24, 2.45) is 5.41 Å². The Bertz CT molecular complexity index is 443. The van der Waals surface area contributed by atoms with E-state index >= 15 is 0 Å². The van der Waals surface area contributed by atoms with Crippen LogP contribution in [0, 0.1) is 5.41 Å². The lowest BCUT2D eigenvalue weighted by Gasteiger charge is -2.28. The third-order valence-electron chi connectivity index (χ3n) is 4.87. The van der Waals surface area contributed by atoms with Crippen molar-refractivity contribution in [1.82, 2.24) is 5.32 Å². The Hall–Kier alpha value is -1.31. The molecule has 18 heavy (non-hydrogen) atoms. The number of rotatable bonds is 2. The number of carbonyl (C=O) groups excluding carboxylic acids is 1. The van der Waals surface area contributed by atoms with Crippen LogP contribution >= 0.6 is 0 Å². The minimum Gasteiger partial charge on any atom is -0.355 e. The zero-order chi connectivity index (χ0) is 12.6. The zero-order valence-electron chi connectivity index (χ0n) is 11.0. The van der Waals surface area contributed by atoms with Crippen molar-refractivity contribution in [3.8, 4) is 0 Å². The molecule has 1 aromatic rings. The molecule has 1 amide bonds. The van der Waals surface area contributed by atoms with E-state index in [-0.39, 0.29) is 5.41 Å². The van der Waals surface area contributed by atoms with E-state index in [0.29, 0.717) is 11.8 Å². The predicted octanol–water partition coefficient (Wildman–Crippen LogP) is 3.02. The van der Waals surface area contributed by atoms with Crippen LogP contribution in [0.4, 0.5) is 0 Å². The van der Waals surface area contributed by atoms with Gasteiger partial charge < -0.3 is 5.32 Å².